The number of rotatable bonds is 4. The minimum atomic E-state index is -0.277. The number of ether oxygens (including phenoxy) is 1. The zero-order valence-corrected chi connectivity index (χ0v) is 10.9. The molecule has 2 nitrogen and oxygen atoms in total. The number of aryl methyl sites for hydroxylation is 2. The molecule has 1 aromatic rings. The van der Waals surface area contributed by atoms with E-state index in [2.05, 4.69) is 32.9 Å². The molecule has 0 spiro atoms. The fourth-order valence-corrected chi connectivity index (χ4v) is 2.37. The van der Waals surface area contributed by atoms with Crippen molar-refractivity contribution in [3.8, 4) is 5.75 Å². The van der Waals surface area contributed by atoms with Gasteiger partial charge in [-0.2, -0.15) is 0 Å². The lowest BCUT2D eigenvalue weighted by Gasteiger charge is -2.20. The molecular formula is C14H22O2. The quantitative estimate of drug-likeness (QED) is 0.847. The molecule has 16 heavy (non-hydrogen) atoms. The molecular weight excluding hydrogens is 200 g/mol. The van der Waals surface area contributed by atoms with Crippen LogP contribution in [0.4, 0.5) is 0 Å². The maximum Gasteiger partial charge on any atom is 0.122 e. The van der Waals surface area contributed by atoms with Gasteiger partial charge in [0.2, 0.25) is 0 Å². The Labute approximate surface area is 98.3 Å². The lowest BCUT2D eigenvalue weighted by atomic mass is 9.90. The SMILES string of the molecule is COc1cc(C)cc(C)c1C(C)CC(C)O. The normalized spacial score (nSPS) is 14.6. The second-order valence-corrected chi connectivity index (χ2v) is 4.68. The highest BCUT2D eigenvalue weighted by atomic mass is 16.5. The van der Waals surface area contributed by atoms with E-state index in [-0.39, 0.29) is 6.10 Å². The van der Waals surface area contributed by atoms with Crippen LogP contribution in [-0.4, -0.2) is 18.3 Å². The van der Waals surface area contributed by atoms with Gasteiger partial charge in [-0.25, -0.2) is 0 Å². The fourth-order valence-electron chi connectivity index (χ4n) is 2.37. The average Bonchev–Trinajstić information content (AvgIpc) is 2.14. The summed E-state index contributed by atoms with van der Waals surface area (Å²) in [7, 11) is 1.70. The summed E-state index contributed by atoms with van der Waals surface area (Å²) in [4.78, 5) is 0. The van der Waals surface area contributed by atoms with E-state index in [4.69, 9.17) is 4.74 Å². The van der Waals surface area contributed by atoms with Crippen LogP contribution in [0.3, 0.4) is 0 Å². The van der Waals surface area contributed by atoms with Crippen LogP contribution in [0, 0.1) is 13.8 Å². The molecule has 0 aromatic heterocycles. The van der Waals surface area contributed by atoms with Crippen molar-refractivity contribution in [2.45, 2.75) is 46.1 Å². The highest BCUT2D eigenvalue weighted by molar-refractivity contribution is 5.45. The smallest absolute Gasteiger partial charge is 0.122 e. The van der Waals surface area contributed by atoms with E-state index < -0.39 is 0 Å². The molecule has 1 rings (SSSR count). The van der Waals surface area contributed by atoms with E-state index in [0.29, 0.717) is 5.92 Å². The standard InChI is InChI=1S/C14H22O2/c1-9-6-10(2)14(13(7-9)16-5)11(3)8-12(4)15/h6-7,11-12,15H,8H2,1-5H3. The Bertz CT molecular complexity index is 356. The molecule has 0 bridgehead atoms. The Morgan fingerprint density at radius 2 is 1.88 bits per heavy atom. The molecule has 0 aliphatic heterocycles. The summed E-state index contributed by atoms with van der Waals surface area (Å²) in [6, 6.07) is 4.22. The molecule has 90 valence electrons. The van der Waals surface area contributed by atoms with E-state index in [9.17, 15) is 5.11 Å². The van der Waals surface area contributed by atoms with Crippen LogP contribution < -0.4 is 4.74 Å². The van der Waals surface area contributed by atoms with Gasteiger partial charge < -0.3 is 9.84 Å². The van der Waals surface area contributed by atoms with Crippen molar-refractivity contribution in [1.82, 2.24) is 0 Å². The van der Waals surface area contributed by atoms with Gasteiger partial charge in [-0.3, -0.25) is 0 Å². The summed E-state index contributed by atoms with van der Waals surface area (Å²) in [6.45, 7) is 8.13. The zero-order valence-electron chi connectivity index (χ0n) is 10.9. The van der Waals surface area contributed by atoms with Gasteiger partial charge in [0.15, 0.2) is 0 Å². The molecule has 1 aromatic carbocycles. The van der Waals surface area contributed by atoms with Crippen LogP contribution in [-0.2, 0) is 0 Å². The largest absolute Gasteiger partial charge is 0.496 e. The summed E-state index contributed by atoms with van der Waals surface area (Å²) in [6.07, 6.45) is 0.487. The third-order valence-electron chi connectivity index (χ3n) is 2.90. The molecule has 0 fully saturated rings. The van der Waals surface area contributed by atoms with Crippen molar-refractivity contribution in [2.75, 3.05) is 7.11 Å². The molecule has 0 saturated carbocycles. The number of benzene rings is 1. The highest BCUT2D eigenvalue weighted by Gasteiger charge is 2.16. The first-order valence-electron chi connectivity index (χ1n) is 5.79. The number of hydrogen-bond donors (Lipinski definition) is 1. The minimum absolute atomic E-state index is 0.277. The first kappa shape index (κ1) is 13.0. The molecule has 0 radical (unpaired) electrons. The lowest BCUT2D eigenvalue weighted by molar-refractivity contribution is 0.176. The number of aliphatic hydroxyl groups is 1. The van der Waals surface area contributed by atoms with Gasteiger partial charge in [-0.05, 0) is 55.9 Å². The van der Waals surface area contributed by atoms with E-state index in [0.717, 1.165) is 12.2 Å². The van der Waals surface area contributed by atoms with E-state index in [1.54, 1.807) is 7.11 Å². The second kappa shape index (κ2) is 5.35. The van der Waals surface area contributed by atoms with Crippen LogP contribution in [0.1, 0.15) is 42.9 Å². The summed E-state index contributed by atoms with van der Waals surface area (Å²) < 4.78 is 5.43. The molecule has 2 heteroatoms. The Hall–Kier alpha value is -1.02. The van der Waals surface area contributed by atoms with Crippen LogP contribution in [0.5, 0.6) is 5.75 Å². The molecule has 0 aliphatic carbocycles. The molecule has 0 amide bonds. The van der Waals surface area contributed by atoms with Crippen LogP contribution in [0.15, 0.2) is 12.1 Å². The number of aliphatic hydroxyl groups excluding tert-OH is 1. The van der Waals surface area contributed by atoms with Crippen LogP contribution in [0.2, 0.25) is 0 Å². The van der Waals surface area contributed by atoms with Crippen molar-refractivity contribution in [2.24, 2.45) is 0 Å². The van der Waals surface area contributed by atoms with Crippen molar-refractivity contribution >= 4 is 0 Å². The molecule has 2 atom stereocenters. The number of methoxy groups -OCH3 is 1. The first-order valence-corrected chi connectivity index (χ1v) is 5.79. The highest BCUT2D eigenvalue weighted by Crippen LogP contribution is 2.33. The fraction of sp³-hybridized carbons (Fsp3) is 0.571. The summed E-state index contributed by atoms with van der Waals surface area (Å²) in [5, 5.41) is 9.45. The van der Waals surface area contributed by atoms with Crippen LogP contribution in [0.25, 0.3) is 0 Å². The van der Waals surface area contributed by atoms with Gasteiger partial charge >= 0.3 is 0 Å². The van der Waals surface area contributed by atoms with Gasteiger partial charge in [0, 0.05) is 0 Å². The zero-order chi connectivity index (χ0) is 12.3. The Morgan fingerprint density at radius 1 is 1.25 bits per heavy atom. The molecule has 0 saturated heterocycles. The van der Waals surface area contributed by atoms with Gasteiger partial charge in [-0.1, -0.05) is 13.0 Å². The molecule has 1 N–H and O–H groups in total. The maximum absolute atomic E-state index is 9.45. The maximum atomic E-state index is 9.45. The molecule has 0 aliphatic rings. The van der Waals surface area contributed by atoms with Gasteiger partial charge in [0.05, 0.1) is 13.2 Å². The predicted molar refractivity (Wildman–Crippen MR) is 67.2 cm³/mol. The average molecular weight is 222 g/mol. The van der Waals surface area contributed by atoms with Crippen molar-refractivity contribution in [3.05, 3.63) is 28.8 Å². The van der Waals surface area contributed by atoms with Crippen molar-refractivity contribution in [1.29, 1.82) is 0 Å². The predicted octanol–water partition coefficient (Wildman–Crippen LogP) is 3.19. The summed E-state index contributed by atoms with van der Waals surface area (Å²) >= 11 is 0. The van der Waals surface area contributed by atoms with Gasteiger partial charge in [0.25, 0.3) is 0 Å². The Morgan fingerprint density at radius 3 is 2.38 bits per heavy atom. The third kappa shape index (κ3) is 2.99. The molecule has 0 heterocycles. The summed E-state index contributed by atoms with van der Waals surface area (Å²) in [5.41, 5.74) is 3.67. The van der Waals surface area contributed by atoms with E-state index in [1.807, 2.05) is 6.92 Å². The molecule has 2 unspecified atom stereocenters. The third-order valence-corrected chi connectivity index (χ3v) is 2.90. The van der Waals surface area contributed by atoms with E-state index >= 15 is 0 Å². The summed E-state index contributed by atoms with van der Waals surface area (Å²) in [5.74, 6) is 1.25. The van der Waals surface area contributed by atoms with Crippen molar-refractivity contribution in [3.63, 3.8) is 0 Å². The topological polar surface area (TPSA) is 29.5 Å². The minimum Gasteiger partial charge on any atom is -0.496 e. The Balaban J connectivity index is 3.10. The number of hydrogen-bond acceptors (Lipinski definition) is 2. The van der Waals surface area contributed by atoms with Crippen LogP contribution >= 0.6 is 0 Å². The second-order valence-electron chi connectivity index (χ2n) is 4.68. The monoisotopic (exact) mass is 222 g/mol. The van der Waals surface area contributed by atoms with Crippen molar-refractivity contribution < 1.29 is 9.84 Å². The van der Waals surface area contributed by atoms with Gasteiger partial charge in [0.1, 0.15) is 5.75 Å². The van der Waals surface area contributed by atoms with E-state index in [1.165, 1.54) is 16.7 Å². The first-order chi connectivity index (χ1) is 7.45. The lowest BCUT2D eigenvalue weighted by Crippen LogP contribution is -2.08. The Kier molecular flexibility index (Phi) is 4.36. The van der Waals surface area contributed by atoms with Gasteiger partial charge in [-0.15, -0.1) is 0 Å².